The third-order valence-corrected chi connectivity index (χ3v) is 7.16. The maximum Gasteiger partial charge on any atom is 0.255 e. The Balaban J connectivity index is 1.41. The van der Waals surface area contributed by atoms with E-state index in [0.29, 0.717) is 29.3 Å². The highest BCUT2D eigenvalue weighted by Gasteiger charge is 2.17. The number of amidine groups is 1. The zero-order chi connectivity index (χ0) is 29.9. The molecule has 0 radical (unpaired) electrons. The Bertz CT molecular complexity index is 1750. The van der Waals surface area contributed by atoms with Crippen LogP contribution in [-0.4, -0.2) is 26.1 Å². The lowest BCUT2D eigenvalue weighted by Crippen LogP contribution is -2.32. The molecule has 42 heavy (non-hydrogen) atoms. The van der Waals surface area contributed by atoms with Gasteiger partial charge in [0.2, 0.25) is 0 Å². The Morgan fingerprint density at radius 1 is 1.02 bits per heavy atom. The molecule has 10 nitrogen and oxygen atoms in total. The number of amides is 1. The van der Waals surface area contributed by atoms with Crippen molar-refractivity contribution in [1.82, 2.24) is 19.8 Å². The van der Waals surface area contributed by atoms with E-state index in [0.717, 1.165) is 33.8 Å². The zero-order valence-corrected chi connectivity index (χ0v) is 24.1. The van der Waals surface area contributed by atoms with Crippen LogP contribution in [0.1, 0.15) is 47.8 Å². The number of hydrogen-bond donors (Lipinski definition) is 5. The summed E-state index contributed by atoms with van der Waals surface area (Å²) in [5.74, 6) is 11.7. The van der Waals surface area contributed by atoms with Crippen LogP contribution in [0.15, 0.2) is 90.4 Å². The molecule has 0 aliphatic heterocycles. The minimum atomic E-state index is -0.161. The smallest absolute Gasteiger partial charge is 0.255 e. The summed E-state index contributed by atoms with van der Waals surface area (Å²) in [4.78, 5) is 22.5. The normalized spacial score (nSPS) is 11.9. The second-order valence-electron chi connectivity index (χ2n) is 11.1. The highest BCUT2D eigenvalue weighted by Crippen LogP contribution is 2.31. The Morgan fingerprint density at radius 2 is 1.76 bits per heavy atom. The number of carbonyl (C=O) groups excluding carboxylic acids is 1. The molecule has 0 bridgehead atoms. The lowest BCUT2D eigenvalue weighted by atomic mass is 9.86. The average Bonchev–Trinajstić information content (AvgIpc) is 3.46. The van der Waals surface area contributed by atoms with Gasteiger partial charge in [-0.25, -0.2) is 15.8 Å². The van der Waals surface area contributed by atoms with Gasteiger partial charge in [-0.15, -0.1) is 0 Å². The van der Waals surface area contributed by atoms with Gasteiger partial charge < -0.3 is 26.3 Å². The number of nitrogens with two attached hydrogens (primary N) is 2. The molecule has 10 heteroatoms. The largest absolute Gasteiger partial charge is 0.337 e. The molecule has 214 valence electrons. The molecule has 0 unspecified atom stereocenters. The summed E-state index contributed by atoms with van der Waals surface area (Å²) in [5, 5.41) is 10.1. The fourth-order valence-electron chi connectivity index (χ4n) is 4.68. The van der Waals surface area contributed by atoms with Crippen LogP contribution in [0.5, 0.6) is 0 Å². The number of imidazole rings is 1. The van der Waals surface area contributed by atoms with E-state index in [9.17, 15) is 4.79 Å². The van der Waals surface area contributed by atoms with Crippen LogP contribution in [0.25, 0.3) is 16.9 Å². The predicted molar refractivity (Wildman–Crippen MR) is 169 cm³/mol. The summed E-state index contributed by atoms with van der Waals surface area (Å²) in [6.07, 6.45) is 6.03. The molecule has 2 heterocycles. The maximum atomic E-state index is 13.1. The SMILES string of the molecule is Cc1c(NC(=O)c2ccc(C(C)(C)C)cc2)cccc1-c1cn2ccnc2c(Nc2ccc(C/C(=N/N)NN)cc2)n1. The van der Waals surface area contributed by atoms with Crippen LogP contribution in [0.3, 0.4) is 0 Å². The van der Waals surface area contributed by atoms with Crippen molar-refractivity contribution in [3.05, 3.63) is 108 Å². The van der Waals surface area contributed by atoms with Gasteiger partial charge in [0, 0.05) is 47.5 Å². The summed E-state index contributed by atoms with van der Waals surface area (Å²) >= 11 is 0. The van der Waals surface area contributed by atoms with E-state index in [1.54, 1.807) is 6.20 Å². The van der Waals surface area contributed by atoms with E-state index in [4.69, 9.17) is 16.7 Å². The van der Waals surface area contributed by atoms with Crippen LogP contribution in [-0.2, 0) is 11.8 Å². The molecule has 0 spiro atoms. The van der Waals surface area contributed by atoms with Crippen molar-refractivity contribution < 1.29 is 4.79 Å². The standard InChI is InChI=1S/C32H35N9O/c1-20-25(6-5-7-26(20)38-31(42)22-10-12-23(13-11-22)32(2,3)4)27-19-41-17-16-35-30(41)29(37-27)36-24-14-8-21(9-15-24)18-28(39-33)40-34/h5-17,19H,18,33-34H2,1-4H3,(H,36,37)(H,38,42)(H,39,40). The number of benzene rings is 3. The number of anilines is 3. The number of carbonyl (C=O) groups is 1. The number of hydrazone groups is 1. The monoisotopic (exact) mass is 561 g/mol. The van der Waals surface area contributed by atoms with Crippen molar-refractivity contribution in [3.63, 3.8) is 0 Å². The van der Waals surface area contributed by atoms with Crippen LogP contribution in [0.4, 0.5) is 17.2 Å². The third-order valence-electron chi connectivity index (χ3n) is 7.16. The quantitative estimate of drug-likeness (QED) is 0.0786. The number of hydrazine groups is 1. The number of fused-ring (bicyclic) bond motifs is 1. The molecular formula is C32H35N9O. The number of nitrogens with one attached hydrogen (secondary N) is 3. The molecule has 3 aromatic carbocycles. The van der Waals surface area contributed by atoms with Crippen molar-refractivity contribution >= 4 is 34.6 Å². The molecule has 2 aromatic heterocycles. The molecule has 0 atom stereocenters. The fourth-order valence-corrected chi connectivity index (χ4v) is 4.68. The topological polar surface area (TPSA) is 148 Å². The molecule has 7 N–H and O–H groups in total. The van der Waals surface area contributed by atoms with Crippen LogP contribution >= 0.6 is 0 Å². The van der Waals surface area contributed by atoms with E-state index < -0.39 is 0 Å². The van der Waals surface area contributed by atoms with Crippen molar-refractivity contribution in [1.29, 1.82) is 0 Å². The first-order chi connectivity index (χ1) is 20.2. The lowest BCUT2D eigenvalue weighted by molar-refractivity contribution is 0.102. The third kappa shape index (κ3) is 6.08. The minimum absolute atomic E-state index is 0.0203. The van der Waals surface area contributed by atoms with Gasteiger partial charge in [-0.1, -0.05) is 57.2 Å². The van der Waals surface area contributed by atoms with Gasteiger partial charge in [0.15, 0.2) is 11.5 Å². The lowest BCUT2D eigenvalue weighted by Gasteiger charge is -2.19. The fraction of sp³-hybridized carbons (Fsp3) is 0.188. The van der Waals surface area contributed by atoms with E-state index in [-0.39, 0.29) is 11.3 Å². The summed E-state index contributed by atoms with van der Waals surface area (Å²) in [6.45, 7) is 8.44. The van der Waals surface area contributed by atoms with E-state index >= 15 is 0 Å². The molecule has 0 aliphatic rings. The Kier molecular flexibility index (Phi) is 7.90. The Morgan fingerprint density at radius 3 is 2.43 bits per heavy atom. The van der Waals surface area contributed by atoms with Gasteiger partial charge in [-0.05, 0) is 59.4 Å². The molecule has 5 aromatic rings. The molecule has 1 amide bonds. The van der Waals surface area contributed by atoms with Gasteiger partial charge in [-0.2, -0.15) is 5.10 Å². The average molecular weight is 562 g/mol. The van der Waals surface area contributed by atoms with Crippen molar-refractivity contribution in [3.8, 4) is 11.3 Å². The van der Waals surface area contributed by atoms with Gasteiger partial charge in [-0.3, -0.25) is 4.79 Å². The Hall–Kier alpha value is -5.22. The maximum absolute atomic E-state index is 13.1. The first-order valence-electron chi connectivity index (χ1n) is 13.6. The zero-order valence-electron chi connectivity index (χ0n) is 24.1. The summed E-state index contributed by atoms with van der Waals surface area (Å²) in [5.41, 5.74) is 10.1. The van der Waals surface area contributed by atoms with Crippen LogP contribution in [0.2, 0.25) is 0 Å². The number of hydrogen-bond acceptors (Lipinski definition) is 7. The van der Waals surface area contributed by atoms with E-state index in [1.165, 1.54) is 5.56 Å². The second kappa shape index (κ2) is 11.7. The van der Waals surface area contributed by atoms with E-state index in [1.807, 2.05) is 90.4 Å². The van der Waals surface area contributed by atoms with Crippen molar-refractivity contribution in [2.75, 3.05) is 10.6 Å². The van der Waals surface area contributed by atoms with Gasteiger partial charge in [0.05, 0.1) is 5.69 Å². The number of nitrogens with zero attached hydrogens (tertiary/aromatic N) is 4. The summed E-state index contributed by atoms with van der Waals surface area (Å²) in [6, 6.07) is 21.4. The first kappa shape index (κ1) is 28.3. The molecular weight excluding hydrogens is 526 g/mol. The highest BCUT2D eigenvalue weighted by atomic mass is 16.1. The first-order valence-corrected chi connectivity index (χ1v) is 13.6. The predicted octanol–water partition coefficient (Wildman–Crippen LogP) is 5.28. The molecule has 0 saturated heterocycles. The summed E-state index contributed by atoms with van der Waals surface area (Å²) in [7, 11) is 0. The second-order valence-corrected chi connectivity index (χ2v) is 11.1. The number of aromatic nitrogens is 3. The highest BCUT2D eigenvalue weighted by molar-refractivity contribution is 6.05. The van der Waals surface area contributed by atoms with Gasteiger partial charge in [0.1, 0.15) is 5.84 Å². The number of rotatable bonds is 7. The van der Waals surface area contributed by atoms with E-state index in [2.05, 4.69) is 46.9 Å². The minimum Gasteiger partial charge on any atom is -0.337 e. The van der Waals surface area contributed by atoms with Crippen molar-refractivity contribution in [2.45, 2.75) is 39.5 Å². The van der Waals surface area contributed by atoms with Crippen molar-refractivity contribution in [2.24, 2.45) is 16.8 Å². The van der Waals surface area contributed by atoms with Crippen LogP contribution in [0, 0.1) is 6.92 Å². The van der Waals surface area contributed by atoms with Gasteiger partial charge in [0.25, 0.3) is 5.91 Å². The molecule has 0 aliphatic carbocycles. The molecule has 5 rings (SSSR count). The molecule has 0 saturated carbocycles. The van der Waals surface area contributed by atoms with Crippen LogP contribution < -0.4 is 27.7 Å². The Labute approximate surface area is 244 Å². The molecule has 0 fully saturated rings. The van der Waals surface area contributed by atoms with Gasteiger partial charge >= 0.3 is 0 Å². The summed E-state index contributed by atoms with van der Waals surface area (Å²) < 4.78 is 1.93.